The van der Waals surface area contributed by atoms with Crippen molar-refractivity contribution in [3.05, 3.63) is 77.2 Å². The average Bonchev–Trinajstić information content (AvgIpc) is 3.49. The third-order valence-electron chi connectivity index (χ3n) is 7.19. The van der Waals surface area contributed by atoms with E-state index in [1.54, 1.807) is 0 Å². The second-order valence-corrected chi connectivity index (χ2v) is 10.7. The Kier molecular flexibility index (Phi) is 10.1. The van der Waals surface area contributed by atoms with Crippen molar-refractivity contribution in [1.29, 1.82) is 0 Å². The molecule has 220 valence electrons. The molecule has 2 atom stereocenters. The number of hydrogen-bond acceptors (Lipinski definition) is 8. The molecular weight excluding hydrogens is 524 g/mol. The first-order valence-corrected chi connectivity index (χ1v) is 13.9. The van der Waals surface area contributed by atoms with Crippen molar-refractivity contribution in [2.24, 2.45) is 11.5 Å². The zero-order valence-corrected chi connectivity index (χ0v) is 23.3. The number of aliphatic hydroxyl groups is 2. The number of ketones is 1. The third kappa shape index (κ3) is 8.11. The molecule has 4 rings (SSSR count). The maximum Gasteiger partial charge on any atom is 0.165 e. The molecule has 0 aliphatic heterocycles. The van der Waals surface area contributed by atoms with Gasteiger partial charge >= 0.3 is 0 Å². The second-order valence-electron chi connectivity index (χ2n) is 10.7. The van der Waals surface area contributed by atoms with E-state index in [1.807, 2.05) is 54.3 Å². The quantitative estimate of drug-likeness (QED) is 0.107. The summed E-state index contributed by atoms with van der Waals surface area (Å²) in [4.78, 5) is 15.6. The molecule has 0 bridgehead atoms. The summed E-state index contributed by atoms with van der Waals surface area (Å²) in [6, 6.07) is 10.6. The summed E-state index contributed by atoms with van der Waals surface area (Å²) in [5.41, 5.74) is 16.1. The maximum absolute atomic E-state index is 12.4. The Morgan fingerprint density at radius 1 is 1.05 bits per heavy atom. The Hall–Kier alpha value is -3.83. The SMILES string of the molecule is CCCC(O)CC(O)CC(=O)CCc1cc(OCn2cc3[nH]cc(Cc4cccc(C(N)N)c4)c3c2)c(O)cc1O. The number of rotatable bonds is 15. The number of aryl methyl sites for hydroxylation is 1. The summed E-state index contributed by atoms with van der Waals surface area (Å²) in [6.45, 7) is 2.06. The van der Waals surface area contributed by atoms with E-state index in [0.29, 0.717) is 18.4 Å². The Morgan fingerprint density at radius 3 is 2.61 bits per heavy atom. The number of nitrogens with one attached hydrogen (secondary N) is 1. The van der Waals surface area contributed by atoms with E-state index in [4.69, 9.17) is 16.2 Å². The van der Waals surface area contributed by atoms with Crippen LogP contribution in [0.25, 0.3) is 10.9 Å². The van der Waals surface area contributed by atoms with Crippen LogP contribution < -0.4 is 16.2 Å². The lowest BCUT2D eigenvalue weighted by atomic mass is 9.99. The van der Waals surface area contributed by atoms with Crippen LogP contribution in [0.5, 0.6) is 17.2 Å². The van der Waals surface area contributed by atoms with E-state index in [1.165, 1.54) is 12.1 Å². The van der Waals surface area contributed by atoms with E-state index in [-0.39, 0.29) is 55.4 Å². The fourth-order valence-electron chi connectivity index (χ4n) is 5.02. The largest absolute Gasteiger partial charge is 0.508 e. The number of Topliss-reactive ketones (excluding diaryl/α,β-unsaturated/α-hetero) is 1. The summed E-state index contributed by atoms with van der Waals surface area (Å²) < 4.78 is 7.71. The summed E-state index contributed by atoms with van der Waals surface area (Å²) in [6.07, 6.45) is 6.27. The summed E-state index contributed by atoms with van der Waals surface area (Å²) >= 11 is 0. The number of aromatic nitrogens is 2. The minimum absolute atomic E-state index is 0.0578. The first-order chi connectivity index (χ1) is 19.6. The molecule has 41 heavy (non-hydrogen) atoms. The molecule has 2 heterocycles. The van der Waals surface area contributed by atoms with Gasteiger partial charge in [0, 0.05) is 42.9 Å². The lowest BCUT2D eigenvalue weighted by Crippen LogP contribution is -2.20. The van der Waals surface area contributed by atoms with Gasteiger partial charge in [-0.3, -0.25) is 4.79 Å². The lowest BCUT2D eigenvalue weighted by Gasteiger charge is -2.15. The van der Waals surface area contributed by atoms with Crippen LogP contribution in [-0.4, -0.2) is 48.0 Å². The van der Waals surface area contributed by atoms with Crippen molar-refractivity contribution in [2.45, 2.75) is 77.0 Å². The van der Waals surface area contributed by atoms with Crippen LogP contribution in [0.1, 0.15) is 67.4 Å². The number of hydrogen-bond donors (Lipinski definition) is 7. The first-order valence-electron chi connectivity index (χ1n) is 13.9. The predicted molar refractivity (Wildman–Crippen MR) is 157 cm³/mol. The van der Waals surface area contributed by atoms with Crippen molar-refractivity contribution in [3.63, 3.8) is 0 Å². The predicted octanol–water partition coefficient (Wildman–Crippen LogP) is 3.73. The average molecular weight is 565 g/mol. The van der Waals surface area contributed by atoms with Crippen molar-refractivity contribution < 1.29 is 30.0 Å². The van der Waals surface area contributed by atoms with E-state index in [2.05, 4.69) is 4.98 Å². The van der Waals surface area contributed by atoms with Crippen molar-refractivity contribution in [2.75, 3.05) is 0 Å². The van der Waals surface area contributed by atoms with Crippen molar-refractivity contribution in [3.8, 4) is 17.2 Å². The van der Waals surface area contributed by atoms with Gasteiger partial charge in [0.25, 0.3) is 0 Å². The fourth-order valence-corrected chi connectivity index (χ4v) is 5.02. The second kappa shape index (κ2) is 13.7. The number of phenolic OH excluding ortho intramolecular Hbond substituents is 2. The van der Waals surface area contributed by atoms with Crippen LogP contribution in [-0.2, 0) is 24.4 Å². The Morgan fingerprint density at radius 2 is 1.85 bits per heavy atom. The standard InChI is InChI=1S/C31H40N4O6/c1-2-4-23(36)12-25(38)13-24(37)8-7-20-11-30(29(40)14-28(20)39)41-18-35-16-26-22(15-34-27(26)17-35)10-19-5-3-6-21(9-19)31(32)33/h3,5-6,9,11,14-17,23,25,31,34,36,38-40H,2,4,7-8,10,12-13,18,32-33H2,1H3. The molecule has 10 nitrogen and oxygen atoms in total. The molecule has 10 heteroatoms. The molecule has 2 aromatic carbocycles. The summed E-state index contributed by atoms with van der Waals surface area (Å²) in [7, 11) is 0. The normalized spacial score (nSPS) is 13.1. The summed E-state index contributed by atoms with van der Waals surface area (Å²) in [5.74, 6) is -0.345. The topological polar surface area (TPSA) is 180 Å². The highest BCUT2D eigenvalue weighted by Crippen LogP contribution is 2.34. The number of aromatic amines is 1. The first kappa shape index (κ1) is 30.1. The van der Waals surface area contributed by atoms with Gasteiger partial charge in [0.1, 0.15) is 11.5 Å². The van der Waals surface area contributed by atoms with Gasteiger partial charge in [0.15, 0.2) is 18.2 Å². The lowest BCUT2D eigenvalue weighted by molar-refractivity contribution is -0.121. The molecule has 0 saturated carbocycles. The molecule has 0 amide bonds. The minimum Gasteiger partial charge on any atom is -0.508 e. The van der Waals surface area contributed by atoms with E-state index >= 15 is 0 Å². The molecule has 2 aromatic heterocycles. The van der Waals surface area contributed by atoms with E-state index in [9.17, 15) is 25.2 Å². The van der Waals surface area contributed by atoms with Gasteiger partial charge in [0.2, 0.25) is 0 Å². The molecule has 0 aliphatic rings. The van der Waals surface area contributed by atoms with Gasteiger partial charge in [-0.25, -0.2) is 0 Å². The van der Waals surface area contributed by atoms with Crippen LogP contribution in [0, 0.1) is 0 Å². The van der Waals surface area contributed by atoms with Gasteiger partial charge in [-0.15, -0.1) is 0 Å². The van der Waals surface area contributed by atoms with Crippen molar-refractivity contribution in [1.82, 2.24) is 9.55 Å². The molecule has 4 aromatic rings. The zero-order valence-electron chi connectivity index (χ0n) is 23.3. The zero-order chi connectivity index (χ0) is 29.5. The number of fused-ring (bicyclic) bond motifs is 1. The number of carbonyl (C=O) groups excluding carboxylic acids is 1. The molecule has 2 unspecified atom stereocenters. The van der Waals surface area contributed by atoms with Gasteiger partial charge in [-0.05, 0) is 54.0 Å². The molecule has 0 saturated heterocycles. The van der Waals surface area contributed by atoms with Crippen molar-refractivity contribution >= 4 is 16.7 Å². The Labute approximate surface area is 239 Å². The number of carbonyl (C=O) groups is 1. The maximum atomic E-state index is 12.4. The van der Waals surface area contributed by atoms with E-state index < -0.39 is 18.4 Å². The number of ether oxygens (including phenoxy) is 1. The highest BCUT2D eigenvalue weighted by molar-refractivity contribution is 5.83. The van der Waals surface area contributed by atoms with Crippen LogP contribution in [0.4, 0.5) is 0 Å². The third-order valence-corrected chi connectivity index (χ3v) is 7.19. The molecule has 0 aliphatic carbocycles. The number of nitrogens with two attached hydrogens (primary N) is 2. The number of aliphatic hydroxyl groups excluding tert-OH is 2. The van der Waals surface area contributed by atoms with Crippen LogP contribution in [0.15, 0.2) is 55.0 Å². The summed E-state index contributed by atoms with van der Waals surface area (Å²) in [5, 5.41) is 41.6. The van der Waals surface area contributed by atoms with Gasteiger partial charge in [-0.2, -0.15) is 0 Å². The number of aromatic hydroxyl groups is 2. The number of nitrogens with zero attached hydrogens (tertiary/aromatic N) is 1. The fraction of sp³-hybridized carbons (Fsp3) is 0.387. The van der Waals surface area contributed by atoms with Gasteiger partial charge < -0.3 is 46.2 Å². The van der Waals surface area contributed by atoms with Crippen LogP contribution in [0.3, 0.4) is 0 Å². The van der Waals surface area contributed by atoms with Crippen LogP contribution in [0.2, 0.25) is 0 Å². The van der Waals surface area contributed by atoms with Gasteiger partial charge in [-0.1, -0.05) is 37.6 Å². The molecular formula is C31H40N4O6. The highest BCUT2D eigenvalue weighted by Gasteiger charge is 2.17. The molecule has 0 spiro atoms. The monoisotopic (exact) mass is 564 g/mol. The molecule has 0 fully saturated rings. The molecule has 9 N–H and O–H groups in total. The smallest absolute Gasteiger partial charge is 0.165 e. The highest BCUT2D eigenvalue weighted by atomic mass is 16.5. The van der Waals surface area contributed by atoms with E-state index in [0.717, 1.165) is 34.0 Å². The Balaban J connectivity index is 1.36. The number of benzene rings is 2. The number of H-pyrrole nitrogens is 1. The number of phenols is 2. The Bertz CT molecular complexity index is 1460. The minimum atomic E-state index is -0.904. The molecule has 0 radical (unpaired) electrons. The van der Waals surface area contributed by atoms with Gasteiger partial charge in [0.05, 0.1) is 23.9 Å². The van der Waals surface area contributed by atoms with Crippen LogP contribution >= 0.6 is 0 Å².